The smallest absolute Gasteiger partial charge is 0.131 e. The highest BCUT2D eigenvalue weighted by Gasteiger charge is 2.17. The number of anilines is 1. The van der Waals surface area contributed by atoms with Gasteiger partial charge in [0.05, 0.1) is 0 Å². The summed E-state index contributed by atoms with van der Waals surface area (Å²) in [7, 11) is 0. The minimum absolute atomic E-state index is 0.256. The van der Waals surface area contributed by atoms with Gasteiger partial charge in [0.15, 0.2) is 0 Å². The second-order valence-electron chi connectivity index (χ2n) is 5.62. The lowest BCUT2D eigenvalue weighted by Gasteiger charge is -2.22. The molecule has 4 N–H and O–H groups in total. The fourth-order valence-electron chi connectivity index (χ4n) is 2.84. The third-order valence-electron chi connectivity index (χ3n) is 4.01. The number of hydrogen-bond donors (Lipinski definition) is 3. The Hall–Kier alpha value is -1.78. The molecule has 0 saturated carbocycles. The summed E-state index contributed by atoms with van der Waals surface area (Å²) < 4.78 is 0. The quantitative estimate of drug-likeness (QED) is 0.446. The van der Waals surface area contributed by atoms with Gasteiger partial charge < -0.3 is 11.1 Å². The van der Waals surface area contributed by atoms with Crippen molar-refractivity contribution in [1.29, 1.82) is 5.41 Å². The van der Waals surface area contributed by atoms with Crippen molar-refractivity contribution < 1.29 is 0 Å². The second-order valence-corrected chi connectivity index (χ2v) is 6.11. The average Bonchev–Trinajstić information content (AvgIpc) is 2.47. The van der Waals surface area contributed by atoms with E-state index in [1.165, 1.54) is 11.1 Å². The van der Waals surface area contributed by atoms with Gasteiger partial charge in [-0.1, -0.05) is 36.5 Å². The molecular formula is C17H19N3S. The molecule has 0 fully saturated rings. The van der Waals surface area contributed by atoms with E-state index in [-0.39, 0.29) is 6.04 Å². The Bertz CT molecular complexity index is 658. The molecule has 1 unspecified atom stereocenters. The Morgan fingerprint density at radius 1 is 1.33 bits per heavy atom. The molecule has 1 aromatic rings. The molecule has 2 aliphatic carbocycles. The summed E-state index contributed by atoms with van der Waals surface area (Å²) in [5.74, 6) is 0.365. The molecule has 1 aromatic carbocycles. The van der Waals surface area contributed by atoms with Gasteiger partial charge in [-0.15, -0.1) is 0 Å². The number of nitrogens with two attached hydrogens (primary N) is 1. The van der Waals surface area contributed by atoms with Crippen molar-refractivity contribution in [1.82, 2.24) is 0 Å². The first-order chi connectivity index (χ1) is 10.1. The van der Waals surface area contributed by atoms with Gasteiger partial charge in [0.25, 0.3) is 0 Å². The molecule has 2 aliphatic rings. The van der Waals surface area contributed by atoms with Crippen LogP contribution in [0, 0.1) is 5.41 Å². The molecule has 3 rings (SSSR count). The van der Waals surface area contributed by atoms with E-state index < -0.39 is 0 Å². The fraction of sp³-hybridized carbons (Fsp3) is 0.294. The van der Waals surface area contributed by atoms with E-state index in [0.29, 0.717) is 5.84 Å². The van der Waals surface area contributed by atoms with Crippen LogP contribution in [0.1, 0.15) is 24.0 Å². The van der Waals surface area contributed by atoms with Crippen LogP contribution in [0.3, 0.4) is 0 Å². The minimum atomic E-state index is 0.256. The van der Waals surface area contributed by atoms with E-state index in [0.717, 1.165) is 41.8 Å². The Morgan fingerprint density at radius 2 is 2.19 bits per heavy atom. The van der Waals surface area contributed by atoms with Crippen molar-refractivity contribution in [3.63, 3.8) is 0 Å². The molecule has 0 aromatic heterocycles. The number of aryl methyl sites for hydroxylation is 1. The minimum Gasteiger partial charge on any atom is -0.340 e. The first-order valence-electron chi connectivity index (χ1n) is 7.27. The number of rotatable bonds is 2. The van der Waals surface area contributed by atoms with Crippen LogP contribution in [0.5, 0.6) is 0 Å². The van der Waals surface area contributed by atoms with Crippen LogP contribution in [-0.4, -0.2) is 16.7 Å². The van der Waals surface area contributed by atoms with E-state index in [2.05, 4.69) is 17.4 Å². The largest absolute Gasteiger partial charge is 0.340 e. The van der Waals surface area contributed by atoms with Crippen molar-refractivity contribution in [2.75, 3.05) is 5.32 Å². The molecular weight excluding hydrogens is 278 g/mol. The normalized spacial score (nSPS) is 20.7. The van der Waals surface area contributed by atoms with E-state index in [1.54, 1.807) is 0 Å². The van der Waals surface area contributed by atoms with E-state index in [1.807, 2.05) is 24.3 Å². The average molecular weight is 297 g/mol. The maximum absolute atomic E-state index is 8.21. The highest BCUT2D eigenvalue weighted by molar-refractivity contribution is 7.81. The van der Waals surface area contributed by atoms with Crippen molar-refractivity contribution in [2.24, 2.45) is 5.73 Å². The van der Waals surface area contributed by atoms with Crippen molar-refractivity contribution in [3.05, 3.63) is 53.1 Å². The topological polar surface area (TPSA) is 61.9 Å². The molecule has 0 aliphatic heterocycles. The number of benzene rings is 1. The van der Waals surface area contributed by atoms with E-state index >= 15 is 0 Å². The number of fused-ring (bicyclic) bond motifs is 1. The molecule has 3 nitrogen and oxygen atoms in total. The van der Waals surface area contributed by atoms with Crippen LogP contribution >= 0.6 is 12.2 Å². The van der Waals surface area contributed by atoms with Crippen LogP contribution in [-0.2, 0) is 12.8 Å². The Balaban J connectivity index is 1.78. The maximum Gasteiger partial charge on any atom is 0.131 e. The zero-order valence-electron chi connectivity index (χ0n) is 11.9. The Kier molecular flexibility index (Phi) is 3.99. The summed E-state index contributed by atoms with van der Waals surface area (Å²) in [4.78, 5) is 0.815. The molecule has 0 bridgehead atoms. The summed E-state index contributed by atoms with van der Waals surface area (Å²) in [6, 6.07) is 6.55. The van der Waals surface area contributed by atoms with Gasteiger partial charge in [-0.05, 0) is 42.5 Å². The molecule has 1 atom stereocenters. The first kappa shape index (κ1) is 14.2. The molecule has 108 valence electrons. The molecule has 4 heteroatoms. The third-order valence-corrected chi connectivity index (χ3v) is 4.40. The third kappa shape index (κ3) is 3.12. The van der Waals surface area contributed by atoms with Crippen LogP contribution < -0.4 is 11.1 Å². The molecule has 0 spiro atoms. The second kappa shape index (κ2) is 5.92. The monoisotopic (exact) mass is 297 g/mol. The highest BCUT2D eigenvalue weighted by Crippen LogP contribution is 2.24. The lowest BCUT2D eigenvalue weighted by molar-refractivity contribution is 0.577. The summed E-state index contributed by atoms with van der Waals surface area (Å²) in [6.45, 7) is 0. The maximum atomic E-state index is 8.21. The first-order valence-corrected chi connectivity index (χ1v) is 7.67. The van der Waals surface area contributed by atoms with E-state index in [9.17, 15) is 0 Å². The van der Waals surface area contributed by atoms with Gasteiger partial charge in [0.2, 0.25) is 0 Å². The van der Waals surface area contributed by atoms with Gasteiger partial charge in [0.1, 0.15) is 5.84 Å². The summed E-state index contributed by atoms with van der Waals surface area (Å²) in [5.41, 5.74) is 10.5. The van der Waals surface area contributed by atoms with E-state index in [4.69, 9.17) is 23.4 Å². The van der Waals surface area contributed by atoms with Gasteiger partial charge >= 0.3 is 0 Å². The zero-order valence-corrected chi connectivity index (χ0v) is 12.7. The SMILES string of the molecule is N=C(Nc1ccc2c(c1)CC(N)CC2)C1=CC=CCC1=S. The van der Waals surface area contributed by atoms with Gasteiger partial charge in [-0.2, -0.15) is 0 Å². The highest BCUT2D eigenvalue weighted by atomic mass is 32.1. The number of allylic oxidation sites excluding steroid dienone is 3. The van der Waals surface area contributed by atoms with Gasteiger partial charge in [-0.3, -0.25) is 5.41 Å². The summed E-state index contributed by atoms with van der Waals surface area (Å²) >= 11 is 5.32. The zero-order chi connectivity index (χ0) is 14.8. The van der Waals surface area contributed by atoms with Crippen molar-refractivity contribution in [3.8, 4) is 0 Å². The molecule has 0 radical (unpaired) electrons. The van der Waals surface area contributed by atoms with Crippen LogP contribution in [0.25, 0.3) is 0 Å². The molecule has 21 heavy (non-hydrogen) atoms. The summed E-state index contributed by atoms with van der Waals surface area (Å²) in [6.07, 6.45) is 9.63. The molecule has 0 saturated heterocycles. The molecule has 0 amide bonds. The van der Waals surface area contributed by atoms with Crippen molar-refractivity contribution >= 4 is 28.6 Å². The Morgan fingerprint density at radius 3 is 3.00 bits per heavy atom. The Labute approximate surface area is 130 Å². The van der Waals surface area contributed by atoms with Crippen molar-refractivity contribution in [2.45, 2.75) is 31.7 Å². The fourth-order valence-corrected chi connectivity index (χ4v) is 3.11. The number of thiocarbonyl (C=S) groups is 1. The van der Waals surface area contributed by atoms with Gasteiger partial charge in [0, 0.05) is 28.6 Å². The van der Waals surface area contributed by atoms with Crippen LogP contribution in [0.2, 0.25) is 0 Å². The van der Waals surface area contributed by atoms with Gasteiger partial charge in [-0.25, -0.2) is 0 Å². The number of nitrogens with one attached hydrogen (secondary N) is 2. The summed E-state index contributed by atoms with van der Waals surface area (Å²) in [5, 5.41) is 11.4. The standard InChI is InChI=1S/C17H19N3S/c18-13-7-5-11-6-8-14(10-12(11)9-13)20-17(19)15-3-1-2-4-16(15)21/h1-3,6,8,10,13H,4-5,7,9,18H2,(H2,19,20). The lowest BCUT2D eigenvalue weighted by atomic mass is 9.88. The molecule has 0 heterocycles. The lowest BCUT2D eigenvalue weighted by Crippen LogP contribution is -2.28. The predicted molar refractivity (Wildman–Crippen MR) is 92.2 cm³/mol. The number of hydrogen-bond acceptors (Lipinski definition) is 3. The predicted octanol–water partition coefficient (Wildman–Crippen LogP) is 3.15. The van der Waals surface area contributed by atoms with Crippen LogP contribution in [0.15, 0.2) is 42.0 Å². The number of amidine groups is 1. The van der Waals surface area contributed by atoms with Crippen LogP contribution in [0.4, 0.5) is 5.69 Å².